The van der Waals surface area contributed by atoms with Crippen molar-refractivity contribution in [2.45, 2.75) is 6.54 Å². The molecule has 1 N–H and O–H groups in total. The Labute approximate surface area is 197 Å². The van der Waals surface area contributed by atoms with Crippen molar-refractivity contribution < 1.29 is 24.2 Å². The molecular weight excluding hydrogens is 432 g/mol. The number of nitrogens with zero attached hydrogens (tertiary/aromatic N) is 2. The number of rotatable bonds is 8. The Bertz CT molecular complexity index is 1330. The number of carboxylic acid groups (broad SMARTS) is 1. The number of para-hydroxylation sites is 2. The number of ether oxygens (including phenoxy) is 2. The maximum Gasteiger partial charge on any atom is 0.323 e. The van der Waals surface area contributed by atoms with E-state index in [0.29, 0.717) is 39.2 Å². The first-order valence-corrected chi connectivity index (χ1v) is 10.7. The van der Waals surface area contributed by atoms with Crippen molar-refractivity contribution in [2.75, 3.05) is 20.8 Å². The van der Waals surface area contributed by atoms with Crippen LogP contribution < -0.4 is 9.47 Å². The molecule has 1 heterocycles. The lowest BCUT2D eigenvalue weighted by molar-refractivity contribution is -0.137. The van der Waals surface area contributed by atoms with Gasteiger partial charge in [-0.05, 0) is 42.5 Å². The zero-order valence-corrected chi connectivity index (χ0v) is 18.9. The SMILES string of the molecule is COc1ccc(-c2cc(C(=O)N(CC(=O)O)Cc3ccccc3OC)c3ccccc3n2)cc1. The Morgan fingerprint density at radius 2 is 1.62 bits per heavy atom. The predicted molar refractivity (Wildman–Crippen MR) is 129 cm³/mol. The first-order valence-electron chi connectivity index (χ1n) is 10.7. The number of methoxy groups -OCH3 is 2. The summed E-state index contributed by atoms with van der Waals surface area (Å²) in [5.74, 6) is -0.201. The Morgan fingerprint density at radius 1 is 0.912 bits per heavy atom. The molecular formula is C27H24N2O5. The molecule has 0 unspecified atom stereocenters. The monoisotopic (exact) mass is 456 g/mol. The van der Waals surface area contributed by atoms with E-state index in [9.17, 15) is 14.7 Å². The minimum absolute atomic E-state index is 0.0870. The van der Waals surface area contributed by atoms with Gasteiger partial charge in [-0.3, -0.25) is 9.59 Å². The molecule has 1 amide bonds. The van der Waals surface area contributed by atoms with Gasteiger partial charge >= 0.3 is 5.97 Å². The summed E-state index contributed by atoms with van der Waals surface area (Å²) in [5.41, 5.74) is 3.17. The minimum Gasteiger partial charge on any atom is -0.497 e. The van der Waals surface area contributed by atoms with Gasteiger partial charge in [0.2, 0.25) is 0 Å². The number of carboxylic acids is 1. The quantitative estimate of drug-likeness (QED) is 0.415. The normalized spacial score (nSPS) is 10.6. The van der Waals surface area contributed by atoms with Crippen molar-refractivity contribution in [3.63, 3.8) is 0 Å². The number of aromatic nitrogens is 1. The van der Waals surface area contributed by atoms with Gasteiger partial charge in [0.25, 0.3) is 5.91 Å². The zero-order valence-electron chi connectivity index (χ0n) is 18.9. The minimum atomic E-state index is -1.10. The van der Waals surface area contributed by atoms with Crippen LogP contribution >= 0.6 is 0 Å². The van der Waals surface area contributed by atoms with E-state index in [-0.39, 0.29) is 6.54 Å². The number of benzene rings is 3. The van der Waals surface area contributed by atoms with Crippen molar-refractivity contribution in [1.29, 1.82) is 0 Å². The molecule has 34 heavy (non-hydrogen) atoms. The van der Waals surface area contributed by atoms with Crippen LogP contribution in [0.5, 0.6) is 11.5 Å². The molecule has 4 rings (SSSR count). The Hall–Kier alpha value is -4.39. The molecule has 1 aromatic heterocycles. The van der Waals surface area contributed by atoms with Crippen LogP contribution in [0.1, 0.15) is 15.9 Å². The maximum absolute atomic E-state index is 13.8. The highest BCUT2D eigenvalue weighted by Gasteiger charge is 2.23. The average molecular weight is 456 g/mol. The largest absolute Gasteiger partial charge is 0.497 e. The first kappa shape index (κ1) is 22.8. The van der Waals surface area contributed by atoms with Gasteiger partial charge in [-0.1, -0.05) is 36.4 Å². The van der Waals surface area contributed by atoms with Crippen LogP contribution in [0.25, 0.3) is 22.2 Å². The third-order valence-electron chi connectivity index (χ3n) is 5.50. The lowest BCUT2D eigenvalue weighted by Crippen LogP contribution is -2.35. The lowest BCUT2D eigenvalue weighted by atomic mass is 10.0. The second-order valence-corrected chi connectivity index (χ2v) is 7.67. The van der Waals surface area contributed by atoms with E-state index in [1.807, 2.05) is 66.7 Å². The number of aliphatic carboxylic acids is 1. The number of amides is 1. The van der Waals surface area contributed by atoms with Gasteiger partial charge in [0.05, 0.1) is 37.5 Å². The standard InChI is InChI=1S/C27H24N2O5/c1-33-20-13-11-18(12-14-20)24-15-22(21-8-4-5-9-23(21)28-24)27(32)29(17-26(30)31)16-19-7-3-6-10-25(19)34-2/h3-15H,16-17H2,1-2H3,(H,30,31). The Kier molecular flexibility index (Phi) is 6.73. The summed E-state index contributed by atoms with van der Waals surface area (Å²) in [7, 11) is 3.14. The van der Waals surface area contributed by atoms with Gasteiger partial charge < -0.3 is 19.5 Å². The molecule has 0 bridgehead atoms. The van der Waals surface area contributed by atoms with Crippen molar-refractivity contribution in [1.82, 2.24) is 9.88 Å². The van der Waals surface area contributed by atoms with E-state index in [1.165, 1.54) is 4.90 Å². The smallest absolute Gasteiger partial charge is 0.323 e. The summed E-state index contributed by atoms with van der Waals surface area (Å²) in [4.78, 5) is 31.4. The number of hydrogen-bond donors (Lipinski definition) is 1. The predicted octanol–water partition coefficient (Wildman–Crippen LogP) is 4.65. The molecule has 7 nitrogen and oxygen atoms in total. The molecule has 0 spiro atoms. The fourth-order valence-electron chi connectivity index (χ4n) is 3.83. The Balaban J connectivity index is 1.80. The maximum atomic E-state index is 13.8. The van der Waals surface area contributed by atoms with E-state index in [1.54, 1.807) is 26.4 Å². The molecule has 3 aromatic carbocycles. The highest BCUT2D eigenvalue weighted by atomic mass is 16.5. The molecule has 0 aliphatic carbocycles. The highest BCUT2D eigenvalue weighted by Crippen LogP contribution is 2.28. The van der Waals surface area contributed by atoms with Crippen LogP contribution in [0.15, 0.2) is 78.9 Å². The molecule has 0 saturated carbocycles. The van der Waals surface area contributed by atoms with E-state index >= 15 is 0 Å². The number of carbonyl (C=O) groups is 2. The van der Waals surface area contributed by atoms with Crippen LogP contribution in [0.2, 0.25) is 0 Å². The topological polar surface area (TPSA) is 89.0 Å². The zero-order chi connectivity index (χ0) is 24.1. The van der Waals surface area contributed by atoms with Crippen LogP contribution in [-0.2, 0) is 11.3 Å². The highest BCUT2D eigenvalue weighted by molar-refractivity contribution is 6.07. The second-order valence-electron chi connectivity index (χ2n) is 7.67. The van der Waals surface area contributed by atoms with E-state index in [2.05, 4.69) is 0 Å². The van der Waals surface area contributed by atoms with E-state index in [0.717, 1.165) is 5.56 Å². The molecule has 0 saturated heterocycles. The second kappa shape index (κ2) is 10.0. The third kappa shape index (κ3) is 4.83. The van der Waals surface area contributed by atoms with Crippen molar-refractivity contribution in [2.24, 2.45) is 0 Å². The van der Waals surface area contributed by atoms with Gasteiger partial charge in [-0.25, -0.2) is 4.98 Å². The summed E-state index contributed by atoms with van der Waals surface area (Å²) >= 11 is 0. The van der Waals surface area contributed by atoms with E-state index < -0.39 is 18.4 Å². The summed E-state index contributed by atoms with van der Waals surface area (Å²) in [6.07, 6.45) is 0. The molecule has 0 aliphatic rings. The lowest BCUT2D eigenvalue weighted by Gasteiger charge is -2.23. The van der Waals surface area contributed by atoms with Gasteiger partial charge in [-0.2, -0.15) is 0 Å². The molecule has 172 valence electrons. The fourth-order valence-corrected chi connectivity index (χ4v) is 3.83. The summed E-state index contributed by atoms with van der Waals surface area (Å²) in [6.45, 7) is -0.366. The van der Waals surface area contributed by atoms with Crippen molar-refractivity contribution in [3.05, 3.63) is 90.0 Å². The summed E-state index contributed by atoms with van der Waals surface area (Å²) < 4.78 is 10.6. The van der Waals surface area contributed by atoms with Crippen molar-refractivity contribution >= 4 is 22.8 Å². The number of pyridine rings is 1. The van der Waals surface area contributed by atoms with Gasteiger partial charge in [0.15, 0.2) is 0 Å². The van der Waals surface area contributed by atoms with Crippen molar-refractivity contribution in [3.8, 4) is 22.8 Å². The first-order chi connectivity index (χ1) is 16.5. The van der Waals surface area contributed by atoms with Crippen LogP contribution in [0.3, 0.4) is 0 Å². The number of carbonyl (C=O) groups excluding carboxylic acids is 1. The Morgan fingerprint density at radius 3 is 2.32 bits per heavy atom. The van der Waals surface area contributed by atoms with Gasteiger partial charge in [-0.15, -0.1) is 0 Å². The van der Waals surface area contributed by atoms with E-state index in [4.69, 9.17) is 14.5 Å². The van der Waals surface area contributed by atoms with Gasteiger partial charge in [0.1, 0.15) is 18.0 Å². The summed E-state index contributed by atoms with van der Waals surface area (Å²) in [5, 5.41) is 10.2. The number of hydrogen-bond acceptors (Lipinski definition) is 5. The fraction of sp³-hybridized carbons (Fsp3) is 0.148. The van der Waals surface area contributed by atoms with Crippen LogP contribution in [-0.4, -0.2) is 47.6 Å². The molecule has 7 heteroatoms. The molecule has 0 atom stereocenters. The average Bonchev–Trinajstić information content (AvgIpc) is 2.87. The van der Waals surface area contributed by atoms with Crippen LogP contribution in [0, 0.1) is 0 Å². The van der Waals surface area contributed by atoms with Gasteiger partial charge in [0, 0.05) is 16.5 Å². The number of fused-ring (bicyclic) bond motifs is 1. The third-order valence-corrected chi connectivity index (χ3v) is 5.50. The van der Waals surface area contributed by atoms with Crippen LogP contribution in [0.4, 0.5) is 0 Å². The molecule has 0 aliphatic heterocycles. The molecule has 0 radical (unpaired) electrons. The molecule has 4 aromatic rings. The molecule has 0 fully saturated rings. The summed E-state index contributed by atoms with van der Waals surface area (Å²) in [6, 6.07) is 23.7.